The Hall–Kier alpha value is -2.34. The predicted molar refractivity (Wildman–Crippen MR) is 86.8 cm³/mol. The summed E-state index contributed by atoms with van der Waals surface area (Å²) in [6.07, 6.45) is -3.46. The summed E-state index contributed by atoms with van der Waals surface area (Å²) in [6.45, 7) is -0.283. The number of aliphatic hydroxyl groups is 1. The van der Waals surface area contributed by atoms with Gasteiger partial charge >= 0.3 is 6.18 Å². The fourth-order valence-corrected chi connectivity index (χ4v) is 2.98. The number of amides is 1. The molecule has 1 aliphatic carbocycles. The minimum absolute atomic E-state index is 0.283. The maximum Gasteiger partial charge on any atom is 0.416 e. The zero-order chi connectivity index (χ0) is 18.1. The number of halogens is 3. The maximum absolute atomic E-state index is 12.9. The number of rotatable bonds is 5. The molecule has 132 valence electrons. The van der Waals surface area contributed by atoms with Crippen LogP contribution in [-0.2, 0) is 16.4 Å². The van der Waals surface area contributed by atoms with Crippen molar-refractivity contribution in [3.63, 3.8) is 0 Å². The summed E-state index contributed by atoms with van der Waals surface area (Å²) >= 11 is 0. The number of alkyl halides is 3. The molecule has 25 heavy (non-hydrogen) atoms. The lowest BCUT2D eigenvalue weighted by Crippen LogP contribution is -2.38. The summed E-state index contributed by atoms with van der Waals surface area (Å²) in [5.41, 5.74) is -0.586. The topological polar surface area (TPSA) is 49.3 Å². The van der Waals surface area contributed by atoms with E-state index in [2.05, 4.69) is 5.32 Å². The Morgan fingerprint density at radius 3 is 2.36 bits per heavy atom. The number of hydrogen-bond acceptors (Lipinski definition) is 2. The molecule has 3 nitrogen and oxygen atoms in total. The van der Waals surface area contributed by atoms with E-state index in [9.17, 15) is 23.1 Å². The summed E-state index contributed by atoms with van der Waals surface area (Å²) in [5.74, 6) is -0.352. The minimum Gasteiger partial charge on any atom is -0.394 e. The van der Waals surface area contributed by atoms with Crippen molar-refractivity contribution in [3.8, 4) is 0 Å². The Morgan fingerprint density at radius 1 is 1.12 bits per heavy atom. The SMILES string of the molecule is O=C(N[C@H](CO)c1ccccc1)C1(c2cccc(C(F)(F)F)c2)CC1. The molecule has 6 heteroatoms. The van der Waals surface area contributed by atoms with Gasteiger partial charge in [-0.15, -0.1) is 0 Å². The van der Waals surface area contributed by atoms with Crippen LogP contribution in [0.1, 0.15) is 35.6 Å². The number of carbonyl (C=O) groups is 1. The first-order valence-corrected chi connectivity index (χ1v) is 8.01. The van der Waals surface area contributed by atoms with Crippen LogP contribution in [-0.4, -0.2) is 17.6 Å². The Morgan fingerprint density at radius 2 is 1.80 bits per heavy atom. The second-order valence-corrected chi connectivity index (χ2v) is 6.28. The lowest BCUT2D eigenvalue weighted by molar-refractivity contribution is -0.137. The molecule has 0 radical (unpaired) electrons. The van der Waals surface area contributed by atoms with E-state index in [1.54, 1.807) is 30.3 Å². The van der Waals surface area contributed by atoms with E-state index in [-0.39, 0.29) is 12.5 Å². The van der Waals surface area contributed by atoms with E-state index in [0.717, 1.165) is 17.7 Å². The zero-order valence-corrected chi connectivity index (χ0v) is 13.4. The molecule has 0 spiro atoms. The monoisotopic (exact) mass is 349 g/mol. The molecule has 0 bridgehead atoms. The quantitative estimate of drug-likeness (QED) is 0.867. The highest BCUT2D eigenvalue weighted by atomic mass is 19.4. The summed E-state index contributed by atoms with van der Waals surface area (Å²) in [6, 6.07) is 13.3. The van der Waals surface area contributed by atoms with Gasteiger partial charge < -0.3 is 10.4 Å². The molecule has 1 saturated carbocycles. The normalized spacial score (nSPS) is 17.0. The Bertz CT molecular complexity index is 755. The second-order valence-electron chi connectivity index (χ2n) is 6.28. The van der Waals surface area contributed by atoms with Crippen LogP contribution in [0.5, 0.6) is 0 Å². The lowest BCUT2D eigenvalue weighted by atomic mass is 9.92. The van der Waals surface area contributed by atoms with Crippen LogP contribution in [0.2, 0.25) is 0 Å². The molecule has 2 aromatic carbocycles. The molecule has 0 unspecified atom stereocenters. The van der Waals surface area contributed by atoms with Crippen molar-refractivity contribution < 1.29 is 23.1 Å². The van der Waals surface area contributed by atoms with Crippen molar-refractivity contribution in [1.29, 1.82) is 0 Å². The number of hydrogen-bond donors (Lipinski definition) is 2. The molecule has 0 heterocycles. The third-order valence-corrected chi connectivity index (χ3v) is 4.62. The molecule has 0 aromatic heterocycles. The molecule has 1 fully saturated rings. The van der Waals surface area contributed by atoms with Gasteiger partial charge in [-0.2, -0.15) is 13.2 Å². The van der Waals surface area contributed by atoms with E-state index >= 15 is 0 Å². The molecule has 1 aliphatic rings. The van der Waals surface area contributed by atoms with E-state index < -0.39 is 23.2 Å². The summed E-state index contributed by atoms with van der Waals surface area (Å²) in [5, 5.41) is 12.3. The Balaban J connectivity index is 1.82. The largest absolute Gasteiger partial charge is 0.416 e. The van der Waals surface area contributed by atoms with Gasteiger partial charge in [0.2, 0.25) is 5.91 Å². The number of benzene rings is 2. The van der Waals surface area contributed by atoms with E-state index in [4.69, 9.17) is 0 Å². The smallest absolute Gasteiger partial charge is 0.394 e. The van der Waals surface area contributed by atoms with Crippen molar-refractivity contribution >= 4 is 5.91 Å². The fourth-order valence-electron chi connectivity index (χ4n) is 2.98. The van der Waals surface area contributed by atoms with Crippen molar-refractivity contribution in [2.24, 2.45) is 0 Å². The van der Waals surface area contributed by atoms with E-state index in [1.807, 2.05) is 6.07 Å². The molecule has 2 aromatic rings. The van der Waals surface area contributed by atoms with Gasteiger partial charge in [-0.25, -0.2) is 0 Å². The highest BCUT2D eigenvalue weighted by molar-refractivity contribution is 5.91. The first-order valence-electron chi connectivity index (χ1n) is 8.01. The Labute approximate surface area is 143 Å². The third kappa shape index (κ3) is 3.54. The van der Waals surface area contributed by atoms with Gasteiger partial charge in [-0.1, -0.05) is 48.5 Å². The molecular formula is C19H18F3NO2. The van der Waals surface area contributed by atoms with Crippen molar-refractivity contribution in [2.45, 2.75) is 30.5 Å². The lowest BCUT2D eigenvalue weighted by Gasteiger charge is -2.22. The summed E-state index contributed by atoms with van der Waals surface area (Å²) in [4.78, 5) is 12.7. The molecule has 1 atom stereocenters. The highest BCUT2D eigenvalue weighted by Gasteiger charge is 2.52. The van der Waals surface area contributed by atoms with Crippen LogP contribution >= 0.6 is 0 Å². The van der Waals surface area contributed by atoms with Crippen LogP contribution in [0.3, 0.4) is 0 Å². The predicted octanol–water partition coefficient (Wildman–Crippen LogP) is 3.59. The zero-order valence-electron chi connectivity index (χ0n) is 13.4. The van der Waals surface area contributed by atoms with Gasteiger partial charge in [0, 0.05) is 0 Å². The van der Waals surface area contributed by atoms with Crippen LogP contribution in [0, 0.1) is 0 Å². The van der Waals surface area contributed by atoms with Gasteiger partial charge in [0.1, 0.15) is 0 Å². The van der Waals surface area contributed by atoms with Crippen molar-refractivity contribution in [2.75, 3.05) is 6.61 Å². The molecular weight excluding hydrogens is 331 g/mol. The van der Waals surface area contributed by atoms with E-state index in [1.165, 1.54) is 6.07 Å². The van der Waals surface area contributed by atoms with Gasteiger partial charge in [-0.3, -0.25) is 4.79 Å². The number of nitrogens with one attached hydrogen (secondary N) is 1. The minimum atomic E-state index is -4.44. The van der Waals surface area contributed by atoms with Crippen molar-refractivity contribution in [3.05, 3.63) is 71.3 Å². The maximum atomic E-state index is 12.9. The average molecular weight is 349 g/mol. The van der Waals surface area contributed by atoms with Gasteiger partial charge in [0.15, 0.2) is 0 Å². The summed E-state index contributed by atoms with van der Waals surface area (Å²) in [7, 11) is 0. The molecule has 2 N–H and O–H groups in total. The number of aliphatic hydroxyl groups excluding tert-OH is 1. The van der Waals surface area contributed by atoms with E-state index in [0.29, 0.717) is 18.4 Å². The first-order chi connectivity index (χ1) is 11.9. The van der Waals surface area contributed by atoms with Crippen LogP contribution in [0.25, 0.3) is 0 Å². The molecule has 1 amide bonds. The molecule has 0 saturated heterocycles. The first kappa shape index (κ1) is 17.5. The second kappa shape index (κ2) is 6.52. The van der Waals surface area contributed by atoms with Crippen LogP contribution in [0.15, 0.2) is 54.6 Å². The van der Waals surface area contributed by atoms with Crippen LogP contribution in [0.4, 0.5) is 13.2 Å². The van der Waals surface area contributed by atoms with Crippen LogP contribution < -0.4 is 5.32 Å². The summed E-state index contributed by atoms with van der Waals surface area (Å²) < 4.78 is 38.8. The standard InChI is InChI=1S/C19H18F3NO2/c20-19(21,22)15-8-4-7-14(11-15)18(9-10-18)17(25)23-16(12-24)13-5-2-1-3-6-13/h1-8,11,16,24H,9-10,12H2,(H,23,25)/t16-/m1/s1. The molecule has 0 aliphatic heterocycles. The fraction of sp³-hybridized carbons (Fsp3) is 0.316. The third-order valence-electron chi connectivity index (χ3n) is 4.62. The Kier molecular flexibility index (Phi) is 4.56. The van der Waals surface area contributed by atoms with Gasteiger partial charge in [0.25, 0.3) is 0 Å². The average Bonchev–Trinajstić information content (AvgIpc) is 3.41. The molecule has 3 rings (SSSR count). The van der Waals surface area contributed by atoms with Crippen molar-refractivity contribution in [1.82, 2.24) is 5.32 Å². The van der Waals surface area contributed by atoms with Gasteiger partial charge in [0.05, 0.1) is 23.6 Å². The number of carbonyl (C=O) groups excluding carboxylic acids is 1. The highest BCUT2D eigenvalue weighted by Crippen LogP contribution is 2.49. The van der Waals surface area contributed by atoms with Gasteiger partial charge in [-0.05, 0) is 30.0 Å².